The van der Waals surface area contributed by atoms with Crippen molar-refractivity contribution in [3.8, 4) is 22.5 Å². The molecule has 0 radical (unpaired) electrons. The van der Waals surface area contributed by atoms with Gasteiger partial charge in [-0.25, -0.2) is 14.6 Å². The summed E-state index contributed by atoms with van der Waals surface area (Å²) in [6.07, 6.45) is 3.51. The first-order valence-electron chi connectivity index (χ1n) is 27.0. The molecule has 0 bridgehead atoms. The second-order valence-electron chi connectivity index (χ2n) is 21.1. The van der Waals surface area contributed by atoms with E-state index >= 15 is 0 Å². The molecule has 4 aliphatic rings. The number of aryl methyl sites for hydroxylation is 2. The molecule has 2 aromatic carbocycles. The van der Waals surface area contributed by atoms with Crippen LogP contribution < -0.4 is 31.6 Å². The Morgan fingerprint density at radius 2 is 1.59 bits per heavy atom. The molecule has 0 spiro atoms. The molecule has 75 heavy (non-hydrogen) atoms. The van der Waals surface area contributed by atoms with Crippen LogP contribution in [-0.2, 0) is 28.1 Å². The Labute approximate surface area is 445 Å². The number of amides is 4. The van der Waals surface area contributed by atoms with E-state index in [1.807, 2.05) is 49.5 Å². The maximum Gasteiger partial charge on any atom is 0.407 e. The molecule has 6 rings (SSSR count). The lowest BCUT2D eigenvalue weighted by Gasteiger charge is -2.39. The van der Waals surface area contributed by atoms with Gasteiger partial charge in [0, 0.05) is 85.4 Å². The van der Waals surface area contributed by atoms with E-state index in [0.29, 0.717) is 82.5 Å². The summed E-state index contributed by atoms with van der Waals surface area (Å²) in [5.74, 6) is 0.528. The summed E-state index contributed by atoms with van der Waals surface area (Å²) in [6, 6.07) is 15.8. The van der Waals surface area contributed by atoms with Crippen molar-refractivity contribution in [1.82, 2.24) is 25.8 Å². The van der Waals surface area contributed by atoms with Crippen LogP contribution in [0.4, 0.5) is 15.3 Å². The van der Waals surface area contributed by atoms with Gasteiger partial charge >= 0.3 is 12.1 Å². The van der Waals surface area contributed by atoms with E-state index in [1.165, 1.54) is 0 Å². The summed E-state index contributed by atoms with van der Waals surface area (Å²) in [7, 11) is -0.277. The highest BCUT2D eigenvalue weighted by Gasteiger charge is 2.46. The minimum Gasteiger partial charge on any atom is -0.456 e. The zero-order valence-corrected chi connectivity index (χ0v) is 47.8. The van der Waals surface area contributed by atoms with Gasteiger partial charge in [-0.1, -0.05) is 45.9 Å². The monoisotopic (exact) mass is 1060 g/mol. The van der Waals surface area contributed by atoms with Gasteiger partial charge < -0.3 is 53.4 Å². The van der Waals surface area contributed by atoms with Gasteiger partial charge in [0.2, 0.25) is 5.36 Å². The molecular weight excluding hydrogens is 971 g/mol. The molecule has 2 aromatic rings. The van der Waals surface area contributed by atoms with Gasteiger partial charge in [0.05, 0.1) is 51.2 Å². The predicted octanol–water partition coefficient (Wildman–Crippen LogP) is 7.64. The maximum absolute atomic E-state index is 14.1. The number of likely N-dealkylation sites (N-methyl/N-ethyl adjacent to an activating group) is 1. The number of rotatable bonds is 27. The van der Waals surface area contributed by atoms with Gasteiger partial charge in [-0.15, -0.1) is 0 Å². The number of hydrogen-bond acceptors (Lipinski definition) is 12. The van der Waals surface area contributed by atoms with Gasteiger partial charge in [0.25, 0.3) is 5.91 Å². The highest BCUT2D eigenvalue weighted by atomic mass is 28.4. The number of anilines is 1. The van der Waals surface area contributed by atoms with Gasteiger partial charge in [0.1, 0.15) is 36.9 Å². The lowest BCUT2D eigenvalue weighted by molar-refractivity contribution is -0.496. The zero-order chi connectivity index (χ0) is 54.3. The minimum absolute atomic E-state index is 0.0297. The topological polar surface area (TPSA) is 188 Å². The maximum atomic E-state index is 14.1. The highest BCUT2D eigenvalue weighted by Crippen LogP contribution is 2.44. The number of fused-ring (bicyclic) bond motifs is 2. The first-order valence-corrected chi connectivity index (χ1v) is 29.9. The summed E-state index contributed by atoms with van der Waals surface area (Å²) in [6.45, 7) is 29.2. The smallest absolute Gasteiger partial charge is 0.407 e. The normalized spacial score (nSPS) is 18.4. The fraction of sp³-hybridized carbons (Fsp3) is 0.579. The summed E-state index contributed by atoms with van der Waals surface area (Å²) in [5.41, 5.74) is 8.03. The molecule has 0 saturated carbocycles. The largest absolute Gasteiger partial charge is 0.456 e. The number of ether oxygens (including phenoxy) is 5. The Hall–Kier alpha value is -5.34. The molecule has 3 aliphatic heterocycles. The summed E-state index contributed by atoms with van der Waals surface area (Å²) in [4.78, 5) is 46.6. The number of benzene rings is 3. The fourth-order valence-corrected chi connectivity index (χ4v) is 10.5. The third-order valence-electron chi connectivity index (χ3n) is 14.3. The first kappa shape index (κ1) is 58.9. The van der Waals surface area contributed by atoms with E-state index in [2.05, 4.69) is 107 Å². The number of urea groups is 1. The van der Waals surface area contributed by atoms with E-state index < -0.39 is 14.4 Å². The third-order valence-corrected chi connectivity index (χ3v) is 18.8. The third kappa shape index (κ3) is 15.6. The molecule has 17 nitrogen and oxygen atoms in total. The Morgan fingerprint density at radius 1 is 0.893 bits per heavy atom. The van der Waals surface area contributed by atoms with Crippen molar-refractivity contribution in [3.63, 3.8) is 0 Å². The van der Waals surface area contributed by atoms with Gasteiger partial charge in [0.15, 0.2) is 8.32 Å². The van der Waals surface area contributed by atoms with Crippen LogP contribution in [-0.4, -0.2) is 147 Å². The SMILES string of the molecule is CCNc1cc2oc3cc(=[NH+]CC)c(C)cc-3c(-c3ccccc3C(=O)N(C)CCOC(=O)NCCCOCCOCCOCCCNC3NC(=O)N(C4CC(O[Si](C)(C)C(C)(C)C)C(CC)O4)C=C3C)c2cc1C. The van der Waals surface area contributed by atoms with E-state index in [9.17, 15) is 14.4 Å². The highest BCUT2D eigenvalue weighted by molar-refractivity contribution is 6.74. The molecule has 1 fully saturated rings. The standard InChI is InChI=1S/C57H85N7O10Si/c1-13-47-50(74-75(11,12)57(7,8)9)36-51(73-47)64-37-40(6)53(62-55(64)66)60-22-18-25-68-28-30-70-31-29-69-26-19-23-61-56(67)71-27-24-63(10)54(65)42-21-17-16-20-41(42)52-43-32-38(4)45(58-14-2)34-48(43)72-49-35-46(59-15-3)39(5)33-44(49)52/h16-17,20-21,32-35,37,47,50-51,53,58,60H,13-15,18-19,22-31,36H2,1-12H3,(H,61,67)(H,62,66)/p+1. The minimum atomic E-state index is -1.99. The Balaban J connectivity index is 0.827. The van der Waals surface area contributed by atoms with Crippen LogP contribution in [0.5, 0.6) is 0 Å². The molecule has 18 heteroatoms. The van der Waals surface area contributed by atoms with E-state index in [1.54, 1.807) is 16.8 Å². The molecule has 1 saturated heterocycles. The molecule has 1 aliphatic carbocycles. The number of nitrogens with one attached hydrogen (secondary N) is 5. The second-order valence-corrected chi connectivity index (χ2v) is 25.8. The zero-order valence-electron chi connectivity index (χ0n) is 46.8. The van der Waals surface area contributed by atoms with Crippen molar-refractivity contribution < 1.29 is 51.9 Å². The summed E-state index contributed by atoms with van der Waals surface area (Å²) >= 11 is 0. The molecule has 412 valence electrons. The number of alkyl carbamates (subject to hydrolysis) is 1. The molecule has 0 aromatic heterocycles. The van der Waals surface area contributed by atoms with Crippen molar-refractivity contribution in [2.45, 2.75) is 131 Å². The van der Waals surface area contributed by atoms with E-state index in [-0.39, 0.29) is 54.7 Å². The van der Waals surface area contributed by atoms with Crippen molar-refractivity contribution in [3.05, 3.63) is 82.4 Å². The van der Waals surface area contributed by atoms with Crippen LogP contribution in [0.25, 0.3) is 33.4 Å². The molecule has 4 amide bonds. The summed E-state index contributed by atoms with van der Waals surface area (Å²) < 4.78 is 42.2. The lowest BCUT2D eigenvalue weighted by atomic mass is 9.89. The lowest BCUT2D eigenvalue weighted by Crippen LogP contribution is -2.76. The predicted molar refractivity (Wildman–Crippen MR) is 296 cm³/mol. The molecule has 4 unspecified atom stereocenters. The average molecular weight is 1060 g/mol. The molecular formula is C57H86N7O10Si+. The molecule has 5 N–H and O–H groups in total. The van der Waals surface area contributed by atoms with Crippen molar-refractivity contribution in [2.24, 2.45) is 0 Å². The van der Waals surface area contributed by atoms with Crippen molar-refractivity contribution in [2.75, 3.05) is 91.3 Å². The Bertz CT molecular complexity index is 2610. The first-order chi connectivity index (χ1) is 35.9. The Kier molecular flexibility index (Phi) is 21.7. The molecule has 4 atom stereocenters. The summed E-state index contributed by atoms with van der Waals surface area (Å²) in [5, 5.41) is 14.7. The van der Waals surface area contributed by atoms with E-state index in [0.717, 1.165) is 75.8 Å². The number of carbonyl (C=O) groups excluding carboxylic acids is 3. The van der Waals surface area contributed by atoms with Gasteiger partial charge in [-0.05, 0) is 113 Å². The van der Waals surface area contributed by atoms with Crippen LogP contribution >= 0.6 is 0 Å². The van der Waals surface area contributed by atoms with Crippen LogP contribution in [0.15, 0.2) is 64.7 Å². The molecule has 3 heterocycles. The Morgan fingerprint density at radius 3 is 2.27 bits per heavy atom. The quantitative estimate of drug-likeness (QED) is 0.0224. The number of nitrogens with zero attached hydrogens (tertiary/aromatic N) is 2. The van der Waals surface area contributed by atoms with Crippen LogP contribution in [0.2, 0.25) is 18.1 Å². The fourth-order valence-electron chi connectivity index (χ4n) is 9.10. The second kappa shape index (κ2) is 27.6. The van der Waals surface area contributed by atoms with Crippen LogP contribution in [0.1, 0.15) is 95.6 Å². The van der Waals surface area contributed by atoms with Crippen molar-refractivity contribution >= 4 is 43.0 Å². The van der Waals surface area contributed by atoms with E-state index in [4.69, 9.17) is 32.5 Å². The van der Waals surface area contributed by atoms with Gasteiger partial charge in [-0.2, -0.15) is 0 Å². The van der Waals surface area contributed by atoms with Crippen LogP contribution in [0, 0.1) is 13.8 Å². The van der Waals surface area contributed by atoms with Crippen molar-refractivity contribution in [1.29, 1.82) is 0 Å². The van der Waals surface area contributed by atoms with Gasteiger partial charge in [-0.3, -0.25) is 15.0 Å². The number of carbonyl (C=O) groups is 3. The van der Waals surface area contributed by atoms with Crippen LogP contribution in [0.3, 0.4) is 0 Å². The number of hydrogen-bond donors (Lipinski definition) is 5. The average Bonchev–Trinajstić information content (AvgIpc) is 3.77.